The van der Waals surface area contributed by atoms with Crippen molar-refractivity contribution in [1.29, 1.82) is 0 Å². The van der Waals surface area contributed by atoms with Crippen molar-refractivity contribution < 1.29 is 19.7 Å². The number of rotatable bonds is 4. The second-order valence-electron chi connectivity index (χ2n) is 3.17. The molecule has 1 fully saturated rings. The van der Waals surface area contributed by atoms with Gasteiger partial charge in [-0.2, -0.15) is 0 Å². The highest BCUT2D eigenvalue weighted by atomic mass is 16.5. The molecule has 1 rings (SSSR count). The van der Waals surface area contributed by atoms with Crippen molar-refractivity contribution in [3.05, 3.63) is 0 Å². The summed E-state index contributed by atoms with van der Waals surface area (Å²) in [5.74, 6) is -1.08. The van der Waals surface area contributed by atoms with Crippen LogP contribution in [0.25, 0.3) is 0 Å². The molecule has 1 saturated heterocycles. The number of carboxylic acid groups (broad SMARTS) is 1. The standard InChI is InChI=1S/C8H14O4/c9-6-8(3-1-5-12-8)4-2-7(10)11/h9H,1-6H2,(H,10,11)/p-1. The molecule has 0 amide bonds. The van der Waals surface area contributed by atoms with E-state index in [2.05, 4.69) is 0 Å². The Hall–Kier alpha value is -0.610. The molecular formula is C8H13O4-. The van der Waals surface area contributed by atoms with E-state index in [1.165, 1.54) is 0 Å². The molecule has 1 aliphatic heterocycles. The third kappa shape index (κ3) is 2.19. The Morgan fingerprint density at radius 3 is 2.83 bits per heavy atom. The van der Waals surface area contributed by atoms with Crippen molar-refractivity contribution in [2.75, 3.05) is 13.2 Å². The van der Waals surface area contributed by atoms with Crippen LogP contribution in [0.5, 0.6) is 0 Å². The average Bonchev–Trinajstić information content (AvgIpc) is 2.50. The summed E-state index contributed by atoms with van der Waals surface area (Å²) < 4.78 is 5.30. The van der Waals surface area contributed by atoms with E-state index in [9.17, 15) is 9.90 Å². The van der Waals surface area contributed by atoms with Gasteiger partial charge in [0.05, 0.1) is 12.2 Å². The van der Waals surface area contributed by atoms with E-state index >= 15 is 0 Å². The zero-order valence-corrected chi connectivity index (χ0v) is 6.91. The van der Waals surface area contributed by atoms with Crippen LogP contribution in [-0.2, 0) is 9.53 Å². The number of hydrogen-bond donors (Lipinski definition) is 1. The summed E-state index contributed by atoms with van der Waals surface area (Å²) in [6.45, 7) is 0.522. The highest BCUT2D eigenvalue weighted by molar-refractivity contribution is 5.64. The number of aliphatic carboxylic acids is 1. The molecule has 0 aromatic rings. The van der Waals surface area contributed by atoms with Crippen LogP contribution >= 0.6 is 0 Å². The molecule has 0 bridgehead atoms. The zero-order chi connectivity index (χ0) is 9.03. The number of carboxylic acids is 1. The minimum absolute atomic E-state index is 0.0411. The first kappa shape index (κ1) is 9.48. The molecule has 70 valence electrons. The Balaban J connectivity index is 2.39. The van der Waals surface area contributed by atoms with Crippen LogP contribution in [0.2, 0.25) is 0 Å². The van der Waals surface area contributed by atoms with E-state index in [0.717, 1.165) is 12.8 Å². The molecule has 0 aromatic carbocycles. The largest absolute Gasteiger partial charge is 0.550 e. The molecule has 12 heavy (non-hydrogen) atoms. The molecule has 0 spiro atoms. The molecular weight excluding hydrogens is 160 g/mol. The molecule has 4 nitrogen and oxygen atoms in total. The van der Waals surface area contributed by atoms with Crippen LogP contribution in [0.1, 0.15) is 25.7 Å². The van der Waals surface area contributed by atoms with Crippen LogP contribution in [0.15, 0.2) is 0 Å². The molecule has 0 radical (unpaired) electrons. The summed E-state index contributed by atoms with van der Waals surface area (Å²) in [4.78, 5) is 10.2. The molecule has 1 unspecified atom stereocenters. The van der Waals surface area contributed by atoms with Crippen LogP contribution in [0.4, 0.5) is 0 Å². The molecule has 1 N–H and O–H groups in total. The van der Waals surface area contributed by atoms with Gasteiger partial charge in [0, 0.05) is 12.6 Å². The minimum atomic E-state index is -1.08. The molecule has 0 aromatic heterocycles. The summed E-state index contributed by atoms with van der Waals surface area (Å²) in [5, 5.41) is 19.2. The first-order chi connectivity index (χ1) is 5.68. The van der Waals surface area contributed by atoms with Crippen molar-refractivity contribution in [2.45, 2.75) is 31.3 Å². The van der Waals surface area contributed by atoms with Gasteiger partial charge in [0.25, 0.3) is 0 Å². The lowest BCUT2D eigenvalue weighted by molar-refractivity contribution is -0.306. The maximum absolute atomic E-state index is 10.2. The SMILES string of the molecule is O=C([O-])CCC1(CO)CCCO1. The lowest BCUT2D eigenvalue weighted by Gasteiger charge is -2.25. The van der Waals surface area contributed by atoms with Gasteiger partial charge in [-0.05, 0) is 25.7 Å². The summed E-state index contributed by atoms with van der Waals surface area (Å²) in [7, 11) is 0. The van der Waals surface area contributed by atoms with Gasteiger partial charge < -0.3 is 19.7 Å². The van der Waals surface area contributed by atoms with Crippen LogP contribution in [-0.4, -0.2) is 29.9 Å². The second-order valence-corrected chi connectivity index (χ2v) is 3.17. The van der Waals surface area contributed by atoms with Gasteiger partial charge in [-0.3, -0.25) is 0 Å². The number of carbonyl (C=O) groups excluding carboxylic acids is 1. The van der Waals surface area contributed by atoms with Crippen molar-refractivity contribution in [1.82, 2.24) is 0 Å². The summed E-state index contributed by atoms with van der Waals surface area (Å²) in [5.41, 5.74) is -0.597. The van der Waals surface area contributed by atoms with E-state index < -0.39 is 11.6 Å². The molecule has 0 saturated carbocycles. The smallest absolute Gasteiger partial charge is 0.0916 e. The van der Waals surface area contributed by atoms with Gasteiger partial charge in [-0.15, -0.1) is 0 Å². The maximum Gasteiger partial charge on any atom is 0.0916 e. The molecule has 1 atom stereocenters. The van der Waals surface area contributed by atoms with Gasteiger partial charge in [-0.25, -0.2) is 0 Å². The Morgan fingerprint density at radius 1 is 1.67 bits per heavy atom. The van der Waals surface area contributed by atoms with E-state index in [0.29, 0.717) is 13.0 Å². The molecule has 1 aliphatic rings. The first-order valence-corrected chi connectivity index (χ1v) is 4.13. The fraction of sp³-hybridized carbons (Fsp3) is 0.875. The molecule has 4 heteroatoms. The number of hydrogen-bond acceptors (Lipinski definition) is 4. The summed E-state index contributed by atoms with van der Waals surface area (Å²) in [6.07, 6.45) is 1.96. The number of aliphatic hydroxyl groups excluding tert-OH is 1. The number of ether oxygens (including phenoxy) is 1. The van der Waals surface area contributed by atoms with E-state index in [4.69, 9.17) is 9.84 Å². The predicted octanol–water partition coefficient (Wildman–Crippen LogP) is -0.942. The molecule has 1 heterocycles. The predicted molar refractivity (Wildman–Crippen MR) is 39.2 cm³/mol. The zero-order valence-electron chi connectivity index (χ0n) is 6.91. The Labute approximate surface area is 71.2 Å². The monoisotopic (exact) mass is 173 g/mol. The van der Waals surface area contributed by atoms with Gasteiger partial charge >= 0.3 is 0 Å². The topological polar surface area (TPSA) is 69.6 Å². The van der Waals surface area contributed by atoms with Crippen LogP contribution < -0.4 is 5.11 Å². The number of carbonyl (C=O) groups is 1. The lowest BCUT2D eigenvalue weighted by Crippen LogP contribution is -2.35. The van der Waals surface area contributed by atoms with Crippen molar-refractivity contribution >= 4 is 5.97 Å². The maximum atomic E-state index is 10.2. The quantitative estimate of drug-likeness (QED) is 0.595. The van der Waals surface area contributed by atoms with Gasteiger partial charge in [0.15, 0.2) is 0 Å². The van der Waals surface area contributed by atoms with Crippen molar-refractivity contribution in [3.8, 4) is 0 Å². The number of aliphatic hydroxyl groups is 1. The molecule has 0 aliphatic carbocycles. The van der Waals surface area contributed by atoms with Crippen molar-refractivity contribution in [2.24, 2.45) is 0 Å². The van der Waals surface area contributed by atoms with Gasteiger partial charge in [0.1, 0.15) is 0 Å². The van der Waals surface area contributed by atoms with E-state index in [1.807, 2.05) is 0 Å². The van der Waals surface area contributed by atoms with Gasteiger partial charge in [0.2, 0.25) is 0 Å². The highest BCUT2D eigenvalue weighted by Crippen LogP contribution is 2.29. The van der Waals surface area contributed by atoms with E-state index in [1.54, 1.807) is 0 Å². The Kier molecular flexibility index (Phi) is 3.05. The summed E-state index contributed by atoms with van der Waals surface area (Å²) in [6, 6.07) is 0. The minimum Gasteiger partial charge on any atom is -0.550 e. The lowest BCUT2D eigenvalue weighted by atomic mass is 9.95. The highest BCUT2D eigenvalue weighted by Gasteiger charge is 2.33. The Bertz CT molecular complexity index is 160. The normalized spacial score (nSPS) is 29.1. The van der Waals surface area contributed by atoms with Gasteiger partial charge in [-0.1, -0.05) is 0 Å². The second kappa shape index (κ2) is 3.87. The fourth-order valence-electron chi connectivity index (χ4n) is 1.49. The first-order valence-electron chi connectivity index (χ1n) is 4.13. The fourth-order valence-corrected chi connectivity index (χ4v) is 1.49. The third-order valence-corrected chi connectivity index (χ3v) is 2.26. The van der Waals surface area contributed by atoms with E-state index in [-0.39, 0.29) is 13.0 Å². The summed E-state index contributed by atoms with van der Waals surface area (Å²) >= 11 is 0. The van der Waals surface area contributed by atoms with Crippen molar-refractivity contribution in [3.63, 3.8) is 0 Å². The average molecular weight is 173 g/mol. The van der Waals surface area contributed by atoms with Crippen LogP contribution in [0.3, 0.4) is 0 Å². The third-order valence-electron chi connectivity index (χ3n) is 2.26. The Morgan fingerprint density at radius 2 is 2.42 bits per heavy atom. The van der Waals surface area contributed by atoms with Crippen LogP contribution in [0, 0.1) is 0 Å².